The highest BCUT2D eigenvalue weighted by molar-refractivity contribution is 6.35. The van der Waals surface area contributed by atoms with Crippen LogP contribution in [0, 0.1) is 0 Å². The third-order valence-corrected chi connectivity index (χ3v) is 5.00. The summed E-state index contributed by atoms with van der Waals surface area (Å²) in [6, 6.07) is 11.3. The first-order chi connectivity index (χ1) is 14.1. The van der Waals surface area contributed by atoms with Crippen LogP contribution in [0.4, 0.5) is 11.8 Å². The Labute approximate surface area is 178 Å². The van der Waals surface area contributed by atoms with Crippen LogP contribution in [0.3, 0.4) is 0 Å². The van der Waals surface area contributed by atoms with E-state index in [1.165, 1.54) is 0 Å². The minimum Gasteiger partial charge on any atom is -0.361 e. The number of halogens is 2. The van der Waals surface area contributed by atoms with Crippen LogP contribution in [-0.4, -0.2) is 33.0 Å². The largest absolute Gasteiger partial charge is 0.361 e. The molecule has 150 valence electrons. The van der Waals surface area contributed by atoms with E-state index >= 15 is 0 Å². The van der Waals surface area contributed by atoms with Gasteiger partial charge in [-0.1, -0.05) is 29.3 Å². The number of carbonyl (C=O) groups excluding carboxylic acids is 1. The van der Waals surface area contributed by atoms with Gasteiger partial charge < -0.3 is 20.5 Å². The van der Waals surface area contributed by atoms with Crippen molar-refractivity contribution in [1.82, 2.24) is 19.9 Å². The number of carbonyl (C=O) groups is 1. The van der Waals surface area contributed by atoms with Crippen LogP contribution >= 0.6 is 23.2 Å². The molecule has 1 aliphatic rings. The van der Waals surface area contributed by atoms with Gasteiger partial charge >= 0.3 is 0 Å². The Kier molecular flexibility index (Phi) is 5.87. The fourth-order valence-electron chi connectivity index (χ4n) is 2.71. The molecule has 1 amide bonds. The second kappa shape index (κ2) is 8.71. The number of aromatic nitrogens is 3. The molecule has 0 saturated heterocycles. The van der Waals surface area contributed by atoms with Crippen LogP contribution in [0.15, 0.2) is 48.8 Å². The first-order valence-corrected chi connectivity index (χ1v) is 10.1. The molecule has 9 heteroatoms. The number of amides is 1. The predicted octanol–water partition coefficient (Wildman–Crippen LogP) is 3.88. The second-order valence-corrected chi connectivity index (χ2v) is 7.65. The maximum Gasteiger partial charge on any atom is 0.239 e. The van der Waals surface area contributed by atoms with Gasteiger partial charge in [-0.05, 0) is 42.7 Å². The van der Waals surface area contributed by atoms with Crippen LogP contribution in [0.2, 0.25) is 10.0 Å². The van der Waals surface area contributed by atoms with Gasteiger partial charge in [0.15, 0.2) is 0 Å². The van der Waals surface area contributed by atoms with Crippen molar-refractivity contribution < 1.29 is 4.79 Å². The number of hydrogen-bond donors (Lipinski definition) is 3. The van der Waals surface area contributed by atoms with E-state index in [1.807, 2.05) is 29.1 Å². The van der Waals surface area contributed by atoms with Gasteiger partial charge in [0.05, 0.1) is 6.54 Å². The highest BCUT2D eigenvalue weighted by Gasteiger charge is 2.22. The topological polar surface area (TPSA) is 83.9 Å². The van der Waals surface area contributed by atoms with E-state index in [1.54, 1.807) is 24.3 Å². The summed E-state index contributed by atoms with van der Waals surface area (Å²) < 4.78 is 1.90. The predicted molar refractivity (Wildman–Crippen MR) is 115 cm³/mol. The Hall–Kier alpha value is -2.77. The van der Waals surface area contributed by atoms with Crippen molar-refractivity contribution >= 4 is 40.9 Å². The smallest absolute Gasteiger partial charge is 0.239 e. The third-order valence-electron chi connectivity index (χ3n) is 4.41. The highest BCUT2D eigenvalue weighted by atomic mass is 35.5. The van der Waals surface area contributed by atoms with Gasteiger partial charge in [-0.3, -0.25) is 4.79 Å². The fourth-order valence-corrected chi connectivity index (χ4v) is 3.19. The molecule has 0 unspecified atom stereocenters. The van der Waals surface area contributed by atoms with E-state index in [9.17, 15) is 4.79 Å². The highest BCUT2D eigenvalue weighted by Crippen LogP contribution is 2.24. The lowest BCUT2D eigenvalue weighted by atomic mass is 10.2. The van der Waals surface area contributed by atoms with Crippen LogP contribution in [0.5, 0.6) is 0 Å². The lowest BCUT2D eigenvalue weighted by Gasteiger charge is -2.12. The monoisotopic (exact) mass is 430 g/mol. The first-order valence-electron chi connectivity index (χ1n) is 9.30. The van der Waals surface area contributed by atoms with Crippen molar-refractivity contribution in [2.24, 2.45) is 0 Å². The molecule has 0 bridgehead atoms. The molecule has 3 aromatic rings. The average molecular weight is 431 g/mol. The van der Waals surface area contributed by atoms with E-state index < -0.39 is 0 Å². The molecule has 2 heterocycles. The van der Waals surface area contributed by atoms with Gasteiger partial charge in [0.25, 0.3) is 0 Å². The van der Waals surface area contributed by atoms with E-state index in [0.717, 1.165) is 24.2 Å². The summed E-state index contributed by atoms with van der Waals surface area (Å²) in [7, 11) is 0. The zero-order valence-electron chi connectivity index (χ0n) is 15.5. The SMILES string of the molecule is O=C(CNc1cc(-n2cccc2)nc(NC2CC2)n1)NCc1ccc(Cl)cc1Cl. The molecule has 0 aliphatic heterocycles. The summed E-state index contributed by atoms with van der Waals surface area (Å²) in [6.45, 7) is 0.402. The summed E-state index contributed by atoms with van der Waals surface area (Å²) in [4.78, 5) is 21.3. The normalized spacial score (nSPS) is 13.2. The molecule has 0 spiro atoms. The lowest BCUT2D eigenvalue weighted by molar-refractivity contribution is -0.119. The van der Waals surface area contributed by atoms with E-state index in [0.29, 0.717) is 34.4 Å². The Morgan fingerprint density at radius 3 is 2.66 bits per heavy atom. The van der Waals surface area contributed by atoms with E-state index in [-0.39, 0.29) is 12.5 Å². The van der Waals surface area contributed by atoms with Crippen molar-refractivity contribution in [3.8, 4) is 5.82 Å². The number of nitrogens with one attached hydrogen (secondary N) is 3. The van der Waals surface area contributed by atoms with E-state index in [4.69, 9.17) is 23.2 Å². The molecular weight excluding hydrogens is 411 g/mol. The molecule has 0 atom stereocenters. The Bertz CT molecular complexity index is 1000. The Morgan fingerprint density at radius 2 is 1.93 bits per heavy atom. The maximum atomic E-state index is 12.2. The molecule has 3 N–H and O–H groups in total. The van der Waals surface area contributed by atoms with E-state index in [2.05, 4.69) is 25.9 Å². The quantitative estimate of drug-likeness (QED) is 0.504. The van der Waals surface area contributed by atoms with Crippen molar-refractivity contribution in [3.63, 3.8) is 0 Å². The number of hydrogen-bond acceptors (Lipinski definition) is 5. The zero-order chi connectivity index (χ0) is 20.2. The number of benzene rings is 1. The zero-order valence-corrected chi connectivity index (χ0v) is 17.0. The molecule has 4 rings (SSSR count). The standard InChI is InChI=1S/C20H20Cl2N6O/c21-14-4-3-13(16(22)9-14)11-24-19(29)12-23-17-10-18(28-7-1-2-8-28)27-20(26-17)25-15-5-6-15/h1-4,7-10,15H,5-6,11-12H2,(H,24,29)(H2,23,25,26,27). The van der Waals surface area contributed by atoms with Crippen LogP contribution < -0.4 is 16.0 Å². The van der Waals surface area contributed by atoms with Crippen molar-refractivity contribution in [1.29, 1.82) is 0 Å². The summed E-state index contributed by atoms with van der Waals surface area (Å²) in [5, 5.41) is 10.3. The molecule has 0 radical (unpaired) electrons. The minimum absolute atomic E-state index is 0.0796. The summed E-state index contributed by atoms with van der Waals surface area (Å²) >= 11 is 12.0. The second-order valence-electron chi connectivity index (χ2n) is 6.81. The Balaban J connectivity index is 1.39. The first kappa shape index (κ1) is 19.5. The fraction of sp³-hybridized carbons (Fsp3) is 0.250. The third kappa shape index (κ3) is 5.40. The molecule has 1 aliphatic carbocycles. The number of nitrogens with zero attached hydrogens (tertiary/aromatic N) is 3. The maximum absolute atomic E-state index is 12.2. The Morgan fingerprint density at radius 1 is 1.14 bits per heavy atom. The van der Waals surface area contributed by atoms with Crippen LogP contribution in [0.1, 0.15) is 18.4 Å². The van der Waals surface area contributed by atoms with Gasteiger partial charge in [-0.25, -0.2) is 0 Å². The molecule has 29 heavy (non-hydrogen) atoms. The lowest BCUT2D eigenvalue weighted by Crippen LogP contribution is -2.29. The van der Waals surface area contributed by atoms with Gasteiger partial charge in [0.1, 0.15) is 11.6 Å². The van der Waals surface area contributed by atoms with Gasteiger partial charge in [0, 0.05) is 41.1 Å². The average Bonchev–Trinajstić information content (AvgIpc) is 3.33. The van der Waals surface area contributed by atoms with Crippen molar-refractivity contribution in [2.75, 3.05) is 17.2 Å². The molecule has 1 fully saturated rings. The van der Waals surface area contributed by atoms with Gasteiger partial charge in [0.2, 0.25) is 11.9 Å². The summed E-state index contributed by atoms with van der Waals surface area (Å²) in [5.41, 5.74) is 0.803. The van der Waals surface area contributed by atoms with Crippen LogP contribution in [-0.2, 0) is 11.3 Å². The molecular formula is C20H20Cl2N6O. The van der Waals surface area contributed by atoms with Gasteiger partial charge in [-0.2, -0.15) is 9.97 Å². The van der Waals surface area contributed by atoms with Crippen LogP contribution in [0.25, 0.3) is 5.82 Å². The molecule has 7 nitrogen and oxygen atoms in total. The molecule has 1 aromatic carbocycles. The molecule has 2 aromatic heterocycles. The number of anilines is 2. The van der Waals surface area contributed by atoms with Gasteiger partial charge in [-0.15, -0.1) is 0 Å². The number of rotatable bonds is 8. The minimum atomic E-state index is -0.172. The van der Waals surface area contributed by atoms with Crippen molar-refractivity contribution in [2.45, 2.75) is 25.4 Å². The summed E-state index contributed by atoms with van der Waals surface area (Å²) in [6.07, 6.45) is 6.07. The molecule has 1 saturated carbocycles. The summed E-state index contributed by atoms with van der Waals surface area (Å²) in [5.74, 6) is 1.68. The van der Waals surface area contributed by atoms with Crippen molar-refractivity contribution in [3.05, 3.63) is 64.4 Å².